The highest BCUT2D eigenvalue weighted by molar-refractivity contribution is 5.28. The number of methoxy groups -OCH3 is 1. The minimum absolute atomic E-state index is 0.307. The van der Waals surface area contributed by atoms with Crippen LogP contribution in [0, 0.1) is 5.92 Å². The van der Waals surface area contributed by atoms with Gasteiger partial charge in [-0.15, -0.1) is 0 Å². The van der Waals surface area contributed by atoms with Crippen LogP contribution in [0.2, 0.25) is 0 Å². The Balaban J connectivity index is 2.02. The van der Waals surface area contributed by atoms with Crippen molar-refractivity contribution < 1.29 is 9.84 Å². The number of aliphatic hydroxyl groups excluding tert-OH is 1. The summed E-state index contributed by atoms with van der Waals surface area (Å²) in [5, 5.41) is 9.30. The van der Waals surface area contributed by atoms with Crippen LogP contribution in [0.1, 0.15) is 25.3 Å². The molecule has 3 heteroatoms. The van der Waals surface area contributed by atoms with Crippen LogP contribution < -0.4 is 4.74 Å². The number of ether oxygens (including phenoxy) is 1. The summed E-state index contributed by atoms with van der Waals surface area (Å²) in [7, 11) is 1.70. The molecule has 0 saturated carbocycles. The highest BCUT2D eigenvalue weighted by atomic mass is 16.5. The van der Waals surface area contributed by atoms with Crippen LogP contribution in [0.25, 0.3) is 0 Å². The third-order valence-corrected chi connectivity index (χ3v) is 3.89. The molecule has 2 unspecified atom stereocenters. The highest BCUT2D eigenvalue weighted by Crippen LogP contribution is 2.24. The largest absolute Gasteiger partial charge is 0.497 e. The second-order valence-corrected chi connectivity index (χ2v) is 5.26. The van der Waals surface area contributed by atoms with E-state index in [9.17, 15) is 5.11 Å². The lowest BCUT2D eigenvalue weighted by atomic mass is 9.93. The lowest BCUT2D eigenvalue weighted by Gasteiger charge is -2.37. The zero-order valence-electron chi connectivity index (χ0n) is 11.3. The molecule has 0 bridgehead atoms. The predicted octanol–water partition coefficient (Wildman–Crippen LogP) is 2.29. The Morgan fingerprint density at radius 2 is 2.22 bits per heavy atom. The van der Waals surface area contributed by atoms with Gasteiger partial charge in [0.05, 0.1) is 7.11 Å². The van der Waals surface area contributed by atoms with Crippen LogP contribution in [0.15, 0.2) is 24.3 Å². The van der Waals surface area contributed by atoms with Gasteiger partial charge in [-0.3, -0.25) is 4.90 Å². The van der Waals surface area contributed by atoms with Gasteiger partial charge in [0.15, 0.2) is 0 Å². The van der Waals surface area contributed by atoms with E-state index in [2.05, 4.69) is 24.0 Å². The van der Waals surface area contributed by atoms with Crippen molar-refractivity contribution in [2.75, 3.05) is 20.3 Å². The molecular weight excluding hydrogens is 226 g/mol. The molecule has 1 fully saturated rings. The lowest BCUT2D eigenvalue weighted by Crippen LogP contribution is -2.42. The summed E-state index contributed by atoms with van der Waals surface area (Å²) in [5.41, 5.74) is 1.28. The third kappa shape index (κ3) is 3.24. The van der Waals surface area contributed by atoms with Gasteiger partial charge in [0.25, 0.3) is 0 Å². The van der Waals surface area contributed by atoms with Crippen molar-refractivity contribution >= 4 is 0 Å². The smallest absolute Gasteiger partial charge is 0.119 e. The van der Waals surface area contributed by atoms with Crippen molar-refractivity contribution in [3.05, 3.63) is 29.8 Å². The molecule has 0 aliphatic carbocycles. The lowest BCUT2D eigenvalue weighted by molar-refractivity contribution is 0.0771. The van der Waals surface area contributed by atoms with E-state index in [1.165, 1.54) is 12.0 Å². The Bertz CT molecular complexity index is 381. The molecule has 3 nitrogen and oxygen atoms in total. The van der Waals surface area contributed by atoms with Gasteiger partial charge in [-0.1, -0.05) is 12.1 Å². The number of rotatable bonds is 4. The van der Waals surface area contributed by atoms with Crippen molar-refractivity contribution in [3.63, 3.8) is 0 Å². The molecule has 1 heterocycles. The van der Waals surface area contributed by atoms with Gasteiger partial charge in [0, 0.05) is 25.7 Å². The van der Waals surface area contributed by atoms with E-state index in [0.29, 0.717) is 18.6 Å². The number of benzene rings is 1. The van der Waals surface area contributed by atoms with Crippen LogP contribution >= 0.6 is 0 Å². The fourth-order valence-corrected chi connectivity index (χ4v) is 2.64. The van der Waals surface area contributed by atoms with Crippen molar-refractivity contribution in [2.24, 2.45) is 5.92 Å². The standard InChI is InChI=1S/C15H23NO2/c1-12-6-7-14(11-17)10-16(12)9-13-4-3-5-15(8-13)18-2/h3-5,8,12,14,17H,6-7,9-11H2,1-2H3. The average Bonchev–Trinajstić information content (AvgIpc) is 2.41. The Morgan fingerprint density at radius 3 is 2.94 bits per heavy atom. The van der Waals surface area contributed by atoms with Gasteiger partial charge in [0.2, 0.25) is 0 Å². The monoisotopic (exact) mass is 249 g/mol. The van der Waals surface area contributed by atoms with Gasteiger partial charge in [-0.05, 0) is 43.4 Å². The van der Waals surface area contributed by atoms with Crippen LogP contribution in [-0.2, 0) is 6.54 Å². The Morgan fingerprint density at radius 1 is 1.39 bits per heavy atom. The SMILES string of the molecule is COc1cccc(CN2CC(CO)CCC2C)c1. The number of aliphatic hydroxyl groups is 1. The maximum Gasteiger partial charge on any atom is 0.119 e. The van der Waals surface area contributed by atoms with Crippen LogP contribution in [0.4, 0.5) is 0 Å². The van der Waals surface area contributed by atoms with E-state index in [4.69, 9.17) is 4.74 Å². The minimum atomic E-state index is 0.307. The molecule has 1 aromatic carbocycles. The van der Waals surface area contributed by atoms with Crippen molar-refractivity contribution in [1.29, 1.82) is 0 Å². The molecule has 1 N–H and O–H groups in total. The van der Waals surface area contributed by atoms with E-state index in [0.717, 1.165) is 25.3 Å². The molecule has 0 spiro atoms. The molecule has 100 valence electrons. The number of hydrogen-bond donors (Lipinski definition) is 1. The summed E-state index contributed by atoms with van der Waals surface area (Å²) in [6.07, 6.45) is 2.32. The van der Waals surface area contributed by atoms with Gasteiger partial charge in [0.1, 0.15) is 5.75 Å². The van der Waals surface area contributed by atoms with Crippen molar-refractivity contribution in [3.8, 4) is 5.75 Å². The molecule has 2 atom stereocenters. The maximum atomic E-state index is 9.30. The van der Waals surface area contributed by atoms with E-state index in [1.807, 2.05) is 12.1 Å². The second kappa shape index (κ2) is 6.21. The zero-order chi connectivity index (χ0) is 13.0. The quantitative estimate of drug-likeness (QED) is 0.888. The Hall–Kier alpha value is -1.06. The van der Waals surface area contributed by atoms with Gasteiger partial charge < -0.3 is 9.84 Å². The molecular formula is C15H23NO2. The van der Waals surface area contributed by atoms with Crippen LogP contribution in [-0.4, -0.2) is 36.3 Å². The van der Waals surface area contributed by atoms with E-state index in [-0.39, 0.29) is 0 Å². The highest BCUT2D eigenvalue weighted by Gasteiger charge is 2.24. The van der Waals surface area contributed by atoms with E-state index < -0.39 is 0 Å². The molecule has 0 amide bonds. The minimum Gasteiger partial charge on any atom is -0.497 e. The van der Waals surface area contributed by atoms with Gasteiger partial charge >= 0.3 is 0 Å². The number of piperidine rings is 1. The number of hydrogen-bond acceptors (Lipinski definition) is 3. The average molecular weight is 249 g/mol. The molecule has 1 aliphatic rings. The van der Waals surface area contributed by atoms with Crippen molar-refractivity contribution in [2.45, 2.75) is 32.4 Å². The van der Waals surface area contributed by atoms with E-state index >= 15 is 0 Å². The molecule has 18 heavy (non-hydrogen) atoms. The zero-order valence-corrected chi connectivity index (χ0v) is 11.3. The van der Waals surface area contributed by atoms with Gasteiger partial charge in [-0.2, -0.15) is 0 Å². The van der Waals surface area contributed by atoms with Crippen LogP contribution in [0.3, 0.4) is 0 Å². The topological polar surface area (TPSA) is 32.7 Å². The molecule has 1 saturated heterocycles. The fraction of sp³-hybridized carbons (Fsp3) is 0.600. The predicted molar refractivity (Wildman–Crippen MR) is 72.7 cm³/mol. The summed E-state index contributed by atoms with van der Waals surface area (Å²) >= 11 is 0. The van der Waals surface area contributed by atoms with Crippen LogP contribution in [0.5, 0.6) is 5.75 Å². The van der Waals surface area contributed by atoms with E-state index in [1.54, 1.807) is 7.11 Å². The normalized spacial score (nSPS) is 25.1. The second-order valence-electron chi connectivity index (χ2n) is 5.26. The summed E-state index contributed by atoms with van der Waals surface area (Å²) in [5.74, 6) is 1.35. The molecule has 1 aromatic rings. The molecule has 2 rings (SSSR count). The first-order valence-corrected chi connectivity index (χ1v) is 6.70. The fourth-order valence-electron chi connectivity index (χ4n) is 2.64. The first-order chi connectivity index (χ1) is 8.72. The first kappa shape index (κ1) is 13.4. The Kier molecular flexibility index (Phi) is 4.61. The van der Waals surface area contributed by atoms with Crippen molar-refractivity contribution in [1.82, 2.24) is 4.90 Å². The first-order valence-electron chi connectivity index (χ1n) is 6.70. The van der Waals surface area contributed by atoms with Gasteiger partial charge in [-0.25, -0.2) is 0 Å². The molecule has 1 aliphatic heterocycles. The summed E-state index contributed by atoms with van der Waals surface area (Å²) in [6.45, 7) is 4.51. The number of nitrogens with zero attached hydrogens (tertiary/aromatic N) is 1. The third-order valence-electron chi connectivity index (χ3n) is 3.89. The number of likely N-dealkylation sites (tertiary alicyclic amines) is 1. The Labute approximate surface area is 109 Å². The molecule has 0 aromatic heterocycles. The maximum absolute atomic E-state index is 9.30. The molecule has 0 radical (unpaired) electrons. The summed E-state index contributed by atoms with van der Waals surface area (Å²) in [4.78, 5) is 2.46. The summed E-state index contributed by atoms with van der Waals surface area (Å²) in [6, 6.07) is 8.83. The summed E-state index contributed by atoms with van der Waals surface area (Å²) < 4.78 is 5.25.